The van der Waals surface area contributed by atoms with Crippen LogP contribution in [0.15, 0.2) is 0 Å². The van der Waals surface area contributed by atoms with E-state index >= 15 is 0 Å². The Morgan fingerprint density at radius 1 is 1.38 bits per heavy atom. The Balaban J connectivity index is 2.72. The van der Waals surface area contributed by atoms with Gasteiger partial charge < -0.3 is 4.90 Å². The van der Waals surface area contributed by atoms with Crippen LogP contribution < -0.4 is 0 Å². The summed E-state index contributed by atoms with van der Waals surface area (Å²) >= 11 is 2.00. The van der Waals surface area contributed by atoms with Crippen molar-refractivity contribution in [1.82, 2.24) is 4.90 Å². The van der Waals surface area contributed by atoms with E-state index in [1.165, 1.54) is 0 Å². The minimum Gasteiger partial charge on any atom is -0.338 e. The summed E-state index contributed by atoms with van der Waals surface area (Å²) in [4.78, 5) is 14.5. The maximum atomic E-state index is 12.4. The van der Waals surface area contributed by atoms with E-state index in [0.29, 0.717) is 17.2 Å². The van der Waals surface area contributed by atoms with Gasteiger partial charge in [-0.25, -0.2) is 0 Å². The molecule has 0 aromatic rings. The van der Waals surface area contributed by atoms with E-state index in [2.05, 4.69) is 32.6 Å². The van der Waals surface area contributed by atoms with Gasteiger partial charge in [0.25, 0.3) is 0 Å². The molecule has 2 unspecified atom stereocenters. The molecule has 2 nitrogen and oxygen atoms in total. The molecule has 0 radical (unpaired) electrons. The van der Waals surface area contributed by atoms with Gasteiger partial charge in [-0.05, 0) is 19.3 Å². The minimum atomic E-state index is 0.240. The van der Waals surface area contributed by atoms with Crippen LogP contribution in [-0.4, -0.2) is 34.4 Å². The van der Waals surface area contributed by atoms with E-state index in [9.17, 15) is 4.79 Å². The second-order valence-corrected chi connectivity index (χ2v) is 6.08. The lowest BCUT2D eigenvalue weighted by Crippen LogP contribution is -2.51. The van der Waals surface area contributed by atoms with Crippen molar-refractivity contribution in [3.63, 3.8) is 0 Å². The number of hydrogen-bond acceptors (Lipinski definition) is 2. The van der Waals surface area contributed by atoms with Crippen LogP contribution in [0.4, 0.5) is 0 Å². The lowest BCUT2D eigenvalue weighted by Gasteiger charge is -2.40. The number of nitrogens with zero attached hydrogens (tertiary/aromatic N) is 1. The molecule has 0 aromatic carbocycles. The Hall–Kier alpha value is -0.180. The first-order chi connectivity index (χ1) is 7.65. The molecule has 1 fully saturated rings. The normalized spacial score (nSPS) is 26.2. The third-order valence-electron chi connectivity index (χ3n) is 3.69. The molecule has 94 valence electrons. The van der Waals surface area contributed by atoms with Crippen LogP contribution in [0, 0.1) is 5.92 Å². The summed E-state index contributed by atoms with van der Waals surface area (Å²) in [6.45, 7) is 9.64. The Morgan fingerprint density at radius 3 is 2.50 bits per heavy atom. The molecular formula is C13H25NOS. The molecular weight excluding hydrogens is 218 g/mol. The maximum absolute atomic E-state index is 12.4. The molecule has 1 rings (SSSR count). The standard InChI is InChI=1S/C13H25NOS/c1-5-11(6-2)13(15)14-8-9-16-10(4)12(14)7-3/h10-12H,5-9H2,1-4H3. The molecule has 0 bridgehead atoms. The number of carbonyl (C=O) groups excluding carboxylic acids is 1. The average molecular weight is 243 g/mol. The molecule has 1 aliphatic rings. The number of amides is 1. The van der Waals surface area contributed by atoms with Crippen LogP contribution in [0.2, 0.25) is 0 Å². The molecule has 3 heteroatoms. The van der Waals surface area contributed by atoms with Gasteiger partial charge in [0, 0.05) is 29.5 Å². The first kappa shape index (κ1) is 13.9. The van der Waals surface area contributed by atoms with Crippen molar-refractivity contribution in [3.8, 4) is 0 Å². The second-order valence-electron chi connectivity index (χ2n) is 4.60. The second kappa shape index (κ2) is 6.53. The third kappa shape index (κ3) is 2.93. The highest BCUT2D eigenvalue weighted by molar-refractivity contribution is 8.00. The molecule has 0 aliphatic carbocycles. The van der Waals surface area contributed by atoms with Crippen molar-refractivity contribution >= 4 is 17.7 Å². The monoisotopic (exact) mass is 243 g/mol. The van der Waals surface area contributed by atoms with Crippen LogP contribution in [0.3, 0.4) is 0 Å². The van der Waals surface area contributed by atoms with Crippen molar-refractivity contribution in [2.24, 2.45) is 5.92 Å². The van der Waals surface area contributed by atoms with Gasteiger partial charge in [-0.15, -0.1) is 0 Å². The van der Waals surface area contributed by atoms with E-state index in [-0.39, 0.29) is 5.92 Å². The van der Waals surface area contributed by atoms with Gasteiger partial charge in [-0.3, -0.25) is 4.79 Å². The molecule has 0 spiro atoms. The molecule has 0 N–H and O–H groups in total. The van der Waals surface area contributed by atoms with Crippen LogP contribution >= 0.6 is 11.8 Å². The average Bonchev–Trinajstić information content (AvgIpc) is 2.30. The van der Waals surface area contributed by atoms with E-state index in [0.717, 1.165) is 31.6 Å². The molecule has 16 heavy (non-hydrogen) atoms. The van der Waals surface area contributed by atoms with Crippen molar-refractivity contribution in [3.05, 3.63) is 0 Å². The highest BCUT2D eigenvalue weighted by Crippen LogP contribution is 2.28. The SMILES string of the molecule is CCC(CC)C(=O)N1CCSC(C)C1CC. The summed E-state index contributed by atoms with van der Waals surface area (Å²) in [5.74, 6) is 1.73. The van der Waals surface area contributed by atoms with Crippen molar-refractivity contribution in [1.29, 1.82) is 0 Å². The van der Waals surface area contributed by atoms with E-state index in [1.54, 1.807) is 0 Å². The number of carbonyl (C=O) groups is 1. The quantitative estimate of drug-likeness (QED) is 0.756. The van der Waals surface area contributed by atoms with E-state index in [1.807, 2.05) is 11.8 Å². The fourth-order valence-electron chi connectivity index (χ4n) is 2.57. The summed E-state index contributed by atoms with van der Waals surface area (Å²) in [5, 5.41) is 0.595. The van der Waals surface area contributed by atoms with Gasteiger partial charge in [-0.1, -0.05) is 27.7 Å². The third-order valence-corrected chi connectivity index (χ3v) is 4.95. The van der Waals surface area contributed by atoms with Gasteiger partial charge in [-0.2, -0.15) is 11.8 Å². The van der Waals surface area contributed by atoms with E-state index < -0.39 is 0 Å². The highest BCUT2D eigenvalue weighted by Gasteiger charge is 2.33. The zero-order valence-electron chi connectivity index (χ0n) is 11.0. The summed E-state index contributed by atoms with van der Waals surface area (Å²) in [6.07, 6.45) is 3.04. The summed E-state index contributed by atoms with van der Waals surface area (Å²) in [6, 6.07) is 0.451. The van der Waals surface area contributed by atoms with Gasteiger partial charge in [0.05, 0.1) is 0 Å². The lowest BCUT2D eigenvalue weighted by molar-refractivity contribution is -0.138. The fraction of sp³-hybridized carbons (Fsp3) is 0.923. The smallest absolute Gasteiger partial charge is 0.225 e. The number of thioether (sulfide) groups is 1. The Kier molecular flexibility index (Phi) is 5.67. The zero-order chi connectivity index (χ0) is 12.1. The molecule has 2 atom stereocenters. The topological polar surface area (TPSA) is 20.3 Å². The minimum absolute atomic E-state index is 0.240. The van der Waals surface area contributed by atoms with Crippen molar-refractivity contribution < 1.29 is 4.79 Å². The van der Waals surface area contributed by atoms with Crippen molar-refractivity contribution in [2.45, 2.75) is 58.2 Å². The van der Waals surface area contributed by atoms with Crippen LogP contribution in [-0.2, 0) is 4.79 Å². The molecule has 1 heterocycles. The largest absolute Gasteiger partial charge is 0.338 e. The first-order valence-corrected chi connectivity index (χ1v) is 7.62. The van der Waals surface area contributed by atoms with Crippen LogP contribution in [0.1, 0.15) is 47.0 Å². The molecule has 0 saturated carbocycles. The van der Waals surface area contributed by atoms with E-state index in [4.69, 9.17) is 0 Å². The molecule has 1 aliphatic heterocycles. The fourth-order valence-corrected chi connectivity index (χ4v) is 3.80. The van der Waals surface area contributed by atoms with Gasteiger partial charge in [0.2, 0.25) is 5.91 Å². The van der Waals surface area contributed by atoms with Crippen LogP contribution in [0.5, 0.6) is 0 Å². The predicted molar refractivity (Wildman–Crippen MR) is 71.8 cm³/mol. The lowest BCUT2D eigenvalue weighted by atomic mass is 9.99. The molecule has 1 saturated heterocycles. The predicted octanol–water partition coefficient (Wildman–Crippen LogP) is 3.17. The maximum Gasteiger partial charge on any atom is 0.225 e. The zero-order valence-corrected chi connectivity index (χ0v) is 11.8. The number of rotatable bonds is 4. The van der Waals surface area contributed by atoms with Gasteiger partial charge in [0.15, 0.2) is 0 Å². The molecule has 1 amide bonds. The van der Waals surface area contributed by atoms with Crippen molar-refractivity contribution in [2.75, 3.05) is 12.3 Å². The highest BCUT2D eigenvalue weighted by atomic mass is 32.2. The Labute approximate surface area is 104 Å². The van der Waals surface area contributed by atoms with Gasteiger partial charge in [0.1, 0.15) is 0 Å². The first-order valence-electron chi connectivity index (χ1n) is 6.57. The summed E-state index contributed by atoms with van der Waals surface area (Å²) < 4.78 is 0. The molecule has 0 aromatic heterocycles. The summed E-state index contributed by atoms with van der Waals surface area (Å²) in [7, 11) is 0. The Bertz CT molecular complexity index is 228. The van der Waals surface area contributed by atoms with Gasteiger partial charge >= 0.3 is 0 Å². The Morgan fingerprint density at radius 2 is 2.00 bits per heavy atom. The van der Waals surface area contributed by atoms with Crippen LogP contribution in [0.25, 0.3) is 0 Å². The summed E-state index contributed by atoms with van der Waals surface area (Å²) in [5.41, 5.74) is 0. The number of hydrogen-bond donors (Lipinski definition) is 0.